The molecule has 4 rings (SSSR count). The Morgan fingerprint density at radius 3 is 2.41 bits per heavy atom. The van der Waals surface area contributed by atoms with Gasteiger partial charge >= 0.3 is 5.97 Å². The second kappa shape index (κ2) is 11.4. The summed E-state index contributed by atoms with van der Waals surface area (Å²) in [5, 5.41) is 0. The molecule has 1 atom stereocenters. The van der Waals surface area contributed by atoms with Crippen LogP contribution < -0.4 is 24.4 Å². The van der Waals surface area contributed by atoms with Gasteiger partial charge in [0.05, 0.1) is 50.6 Å². The van der Waals surface area contributed by atoms with E-state index in [1.807, 2.05) is 50.2 Å². The maximum Gasteiger partial charge on any atom is 0.338 e. The Morgan fingerprint density at radius 1 is 1.19 bits per heavy atom. The molecule has 3 aromatic rings. The lowest BCUT2D eigenvalue weighted by atomic mass is 9.96. The number of benzene rings is 2. The Morgan fingerprint density at radius 2 is 1.84 bits per heavy atom. The Hall–Kier alpha value is -2.69. The molecule has 0 saturated carbocycles. The normalized spacial score (nSPS) is 15.5. The molecule has 0 spiro atoms. The quantitative estimate of drug-likeness (QED) is 0.332. The van der Waals surface area contributed by atoms with Crippen molar-refractivity contribution >= 4 is 55.2 Å². The van der Waals surface area contributed by atoms with E-state index in [1.54, 1.807) is 31.6 Å². The van der Waals surface area contributed by atoms with Crippen molar-refractivity contribution in [2.24, 2.45) is 4.99 Å². The van der Waals surface area contributed by atoms with Crippen LogP contribution in [0.25, 0.3) is 6.08 Å². The smallest absolute Gasteiger partial charge is 0.338 e. The van der Waals surface area contributed by atoms with Crippen LogP contribution in [0, 0.1) is 0 Å². The maximum absolute atomic E-state index is 13.8. The topological polar surface area (TPSA) is 79.1 Å². The van der Waals surface area contributed by atoms with Gasteiger partial charge in [-0.2, -0.15) is 0 Å². The summed E-state index contributed by atoms with van der Waals surface area (Å²) in [6, 6.07) is 10.5. The molecule has 0 amide bonds. The van der Waals surface area contributed by atoms with Crippen LogP contribution in [0.15, 0.2) is 66.4 Å². The Balaban J connectivity index is 1.90. The van der Waals surface area contributed by atoms with Gasteiger partial charge in [0.2, 0.25) is 0 Å². The number of nitrogens with zero attached hydrogens (tertiary/aromatic N) is 2. The zero-order valence-corrected chi connectivity index (χ0v) is 25.0. The molecular formula is C27H26Br2N2O5S. The predicted molar refractivity (Wildman–Crippen MR) is 151 cm³/mol. The zero-order valence-electron chi connectivity index (χ0n) is 21.0. The van der Waals surface area contributed by atoms with Crippen LogP contribution in [0.5, 0.6) is 11.5 Å². The molecule has 194 valence electrons. The molecule has 0 bridgehead atoms. The van der Waals surface area contributed by atoms with Crippen LogP contribution in [0.3, 0.4) is 0 Å². The van der Waals surface area contributed by atoms with Gasteiger partial charge in [-0.05, 0) is 101 Å². The highest BCUT2D eigenvalue weighted by Gasteiger charge is 2.33. The number of halogens is 2. The van der Waals surface area contributed by atoms with Gasteiger partial charge < -0.3 is 14.2 Å². The summed E-state index contributed by atoms with van der Waals surface area (Å²) in [5.41, 5.74) is 2.18. The number of rotatable bonds is 7. The molecule has 10 heteroatoms. The van der Waals surface area contributed by atoms with Gasteiger partial charge in [-0.25, -0.2) is 9.79 Å². The first-order valence-electron chi connectivity index (χ1n) is 11.6. The third kappa shape index (κ3) is 5.61. The Labute approximate surface area is 235 Å². The Kier molecular flexibility index (Phi) is 8.40. The molecule has 1 aromatic heterocycles. The van der Waals surface area contributed by atoms with Crippen molar-refractivity contribution in [2.45, 2.75) is 39.8 Å². The number of fused-ring (bicyclic) bond motifs is 1. The average molecular weight is 650 g/mol. The minimum Gasteiger partial charge on any atom is -0.494 e. The van der Waals surface area contributed by atoms with E-state index in [0.717, 1.165) is 20.1 Å². The molecule has 0 aliphatic carbocycles. The molecule has 37 heavy (non-hydrogen) atoms. The number of aromatic nitrogens is 1. The SMILES string of the molecule is CCOC(=O)C1=C(C)N=c2s/c(=C\c3cc(Br)c(OC)c(Br)c3)c(=O)n2[C@@H]1c1ccc(OC(C)C)cc1. The molecule has 2 aromatic carbocycles. The van der Waals surface area contributed by atoms with Crippen LogP contribution in [0.4, 0.5) is 0 Å². The number of allylic oxidation sites excluding steroid dienone is 1. The van der Waals surface area contributed by atoms with Crippen molar-refractivity contribution in [1.82, 2.24) is 4.57 Å². The van der Waals surface area contributed by atoms with Crippen molar-refractivity contribution in [3.63, 3.8) is 0 Å². The maximum atomic E-state index is 13.8. The zero-order chi connectivity index (χ0) is 26.9. The lowest BCUT2D eigenvalue weighted by Crippen LogP contribution is -2.39. The lowest BCUT2D eigenvalue weighted by molar-refractivity contribution is -0.139. The summed E-state index contributed by atoms with van der Waals surface area (Å²) in [7, 11) is 1.59. The third-order valence-corrected chi connectivity index (χ3v) is 7.77. The summed E-state index contributed by atoms with van der Waals surface area (Å²) in [6.45, 7) is 7.65. The molecular weight excluding hydrogens is 624 g/mol. The van der Waals surface area contributed by atoms with Gasteiger partial charge in [0, 0.05) is 0 Å². The molecule has 0 fully saturated rings. The molecule has 0 saturated heterocycles. The fourth-order valence-electron chi connectivity index (χ4n) is 4.12. The van der Waals surface area contributed by atoms with Crippen molar-refractivity contribution in [3.8, 4) is 11.5 Å². The van der Waals surface area contributed by atoms with Crippen LogP contribution in [-0.2, 0) is 9.53 Å². The molecule has 7 nitrogen and oxygen atoms in total. The number of thiazole rings is 1. The summed E-state index contributed by atoms with van der Waals surface area (Å²) in [5.74, 6) is 0.881. The standard InChI is InChI=1S/C27H26Br2N2O5S/c1-6-35-26(33)22-15(4)30-27-31(23(22)17-7-9-18(10-8-17)36-14(2)3)25(32)21(37-27)13-16-11-19(28)24(34-5)20(29)12-16/h7-14,23H,6H2,1-5H3/b21-13-/t23-/m1/s1. The van der Waals surface area contributed by atoms with Crippen molar-refractivity contribution < 1.29 is 19.0 Å². The van der Waals surface area contributed by atoms with Gasteiger partial charge in [-0.15, -0.1) is 0 Å². The van der Waals surface area contributed by atoms with E-state index in [0.29, 0.717) is 32.1 Å². The van der Waals surface area contributed by atoms with Crippen molar-refractivity contribution in [2.75, 3.05) is 13.7 Å². The van der Waals surface area contributed by atoms with Crippen LogP contribution >= 0.6 is 43.2 Å². The molecule has 2 heterocycles. The van der Waals surface area contributed by atoms with Gasteiger partial charge in [0.1, 0.15) is 11.5 Å². The first-order valence-corrected chi connectivity index (χ1v) is 14.0. The average Bonchev–Trinajstić information content (AvgIpc) is 3.12. The number of hydrogen-bond donors (Lipinski definition) is 0. The summed E-state index contributed by atoms with van der Waals surface area (Å²) in [4.78, 5) is 32.0. The first-order chi connectivity index (χ1) is 17.6. The molecule has 0 radical (unpaired) electrons. The lowest BCUT2D eigenvalue weighted by Gasteiger charge is -2.25. The minimum atomic E-state index is -0.681. The number of ether oxygens (including phenoxy) is 3. The summed E-state index contributed by atoms with van der Waals surface area (Å²) >= 11 is 8.30. The Bertz CT molecular complexity index is 1530. The first kappa shape index (κ1) is 27.3. The number of carbonyl (C=O) groups is 1. The van der Waals surface area contributed by atoms with Crippen LogP contribution in [0.1, 0.15) is 44.9 Å². The highest BCUT2D eigenvalue weighted by Crippen LogP contribution is 2.35. The molecule has 1 aliphatic rings. The second-order valence-corrected chi connectivity index (χ2v) is 11.3. The van der Waals surface area contributed by atoms with E-state index in [-0.39, 0.29) is 18.3 Å². The van der Waals surface area contributed by atoms with Crippen LogP contribution in [-0.4, -0.2) is 30.4 Å². The molecule has 0 N–H and O–H groups in total. The monoisotopic (exact) mass is 648 g/mol. The van der Waals surface area contributed by atoms with Gasteiger partial charge in [0.15, 0.2) is 4.80 Å². The van der Waals surface area contributed by atoms with Crippen molar-refractivity contribution in [3.05, 3.63) is 87.4 Å². The summed E-state index contributed by atoms with van der Waals surface area (Å²) in [6.07, 6.45) is 1.83. The van der Waals surface area contributed by atoms with E-state index < -0.39 is 12.0 Å². The van der Waals surface area contributed by atoms with E-state index in [2.05, 4.69) is 36.9 Å². The molecule has 0 unspecified atom stereocenters. The fraction of sp³-hybridized carbons (Fsp3) is 0.296. The fourth-order valence-corrected chi connectivity index (χ4v) is 6.71. The number of methoxy groups -OCH3 is 1. The number of carbonyl (C=O) groups excluding carboxylic acids is 1. The van der Waals surface area contributed by atoms with Gasteiger partial charge in [-0.3, -0.25) is 9.36 Å². The largest absolute Gasteiger partial charge is 0.494 e. The minimum absolute atomic E-state index is 0.0267. The van der Waals surface area contributed by atoms with Crippen molar-refractivity contribution in [1.29, 1.82) is 0 Å². The van der Waals surface area contributed by atoms with Gasteiger partial charge in [0.25, 0.3) is 5.56 Å². The summed E-state index contributed by atoms with van der Waals surface area (Å²) < 4.78 is 20.1. The third-order valence-electron chi connectivity index (χ3n) is 5.61. The van der Waals surface area contributed by atoms with Gasteiger partial charge in [-0.1, -0.05) is 23.5 Å². The van der Waals surface area contributed by atoms with E-state index in [9.17, 15) is 9.59 Å². The van der Waals surface area contributed by atoms with Crippen LogP contribution in [0.2, 0.25) is 0 Å². The number of hydrogen-bond acceptors (Lipinski definition) is 7. The highest BCUT2D eigenvalue weighted by atomic mass is 79.9. The van der Waals surface area contributed by atoms with E-state index in [4.69, 9.17) is 14.2 Å². The second-order valence-electron chi connectivity index (χ2n) is 8.56. The highest BCUT2D eigenvalue weighted by molar-refractivity contribution is 9.11. The van der Waals surface area contributed by atoms with E-state index >= 15 is 0 Å². The number of esters is 1. The van der Waals surface area contributed by atoms with E-state index in [1.165, 1.54) is 11.3 Å². The molecule has 1 aliphatic heterocycles. The predicted octanol–water partition coefficient (Wildman–Crippen LogP) is 5.12.